The molecule has 0 spiro atoms. The molecule has 1 atom stereocenters. The normalized spacial score (nSPS) is 20.8. The summed E-state index contributed by atoms with van der Waals surface area (Å²) in [5.74, 6) is 0.247. The van der Waals surface area contributed by atoms with Crippen molar-refractivity contribution < 1.29 is 13.2 Å². The van der Waals surface area contributed by atoms with Crippen LogP contribution in [0.5, 0.6) is 0 Å². The Morgan fingerprint density at radius 3 is 2.90 bits per heavy atom. The topological polar surface area (TPSA) is 114 Å². The number of nitrogens with one attached hydrogen (secondary N) is 2. The summed E-state index contributed by atoms with van der Waals surface area (Å²) in [4.78, 5) is 16.4. The van der Waals surface area contributed by atoms with Crippen LogP contribution >= 0.6 is 11.3 Å². The number of hydrogen-bond acceptors (Lipinski definition) is 7. The molecule has 2 heterocycles. The van der Waals surface area contributed by atoms with E-state index in [0.29, 0.717) is 29.5 Å². The van der Waals surface area contributed by atoms with E-state index in [-0.39, 0.29) is 29.1 Å². The molecule has 4 N–H and O–H groups in total. The molecule has 1 unspecified atom stereocenters. The molecule has 0 bridgehead atoms. The smallest absolute Gasteiger partial charge is 0.265 e. The van der Waals surface area contributed by atoms with Crippen molar-refractivity contribution in [1.29, 1.82) is 0 Å². The Morgan fingerprint density at radius 2 is 2.30 bits per heavy atom. The standard InChI is InChI=1S/C11H18N4O3S2/c1-2-13-11-15-9(12)8(19-11)10(16)14-5-7-3-4-20(17,18)6-7/h7H,2-6,12H2,1H3,(H,13,15)(H,14,16). The maximum atomic E-state index is 12.0. The van der Waals surface area contributed by atoms with Gasteiger partial charge in [-0.3, -0.25) is 4.79 Å². The van der Waals surface area contributed by atoms with Crippen molar-refractivity contribution in [3.63, 3.8) is 0 Å². The summed E-state index contributed by atoms with van der Waals surface area (Å²) < 4.78 is 22.7. The fraction of sp³-hybridized carbons (Fsp3) is 0.636. The van der Waals surface area contributed by atoms with Crippen molar-refractivity contribution in [1.82, 2.24) is 10.3 Å². The highest BCUT2D eigenvalue weighted by Crippen LogP contribution is 2.25. The van der Waals surface area contributed by atoms with Gasteiger partial charge in [0.15, 0.2) is 15.0 Å². The average Bonchev–Trinajstić information content (AvgIpc) is 2.90. The van der Waals surface area contributed by atoms with Crippen molar-refractivity contribution in [3.05, 3.63) is 4.88 Å². The van der Waals surface area contributed by atoms with E-state index in [9.17, 15) is 13.2 Å². The molecule has 7 nitrogen and oxygen atoms in total. The third kappa shape index (κ3) is 3.60. The molecule has 0 aliphatic carbocycles. The molecule has 9 heteroatoms. The van der Waals surface area contributed by atoms with Gasteiger partial charge in [0.1, 0.15) is 10.7 Å². The summed E-state index contributed by atoms with van der Waals surface area (Å²) in [6.45, 7) is 2.98. The van der Waals surface area contributed by atoms with Gasteiger partial charge in [0.05, 0.1) is 11.5 Å². The van der Waals surface area contributed by atoms with Gasteiger partial charge in [0.2, 0.25) is 0 Å². The van der Waals surface area contributed by atoms with Gasteiger partial charge < -0.3 is 16.4 Å². The third-order valence-electron chi connectivity index (χ3n) is 3.07. The number of nitrogens with two attached hydrogens (primary N) is 1. The minimum atomic E-state index is -2.92. The molecule has 1 amide bonds. The fourth-order valence-corrected chi connectivity index (χ4v) is 4.80. The van der Waals surface area contributed by atoms with Crippen molar-refractivity contribution in [2.45, 2.75) is 13.3 Å². The Balaban J connectivity index is 1.92. The number of anilines is 2. The van der Waals surface area contributed by atoms with Gasteiger partial charge in [0, 0.05) is 13.1 Å². The molecule has 20 heavy (non-hydrogen) atoms. The quantitative estimate of drug-likeness (QED) is 0.720. The monoisotopic (exact) mass is 318 g/mol. The Hall–Kier alpha value is -1.35. The van der Waals surface area contributed by atoms with Gasteiger partial charge >= 0.3 is 0 Å². The van der Waals surface area contributed by atoms with Gasteiger partial charge in [-0.2, -0.15) is 0 Å². The minimum Gasteiger partial charge on any atom is -0.382 e. The second-order valence-corrected chi connectivity index (χ2v) is 7.97. The largest absolute Gasteiger partial charge is 0.382 e. The van der Waals surface area contributed by atoms with Crippen LogP contribution in [-0.2, 0) is 9.84 Å². The summed E-state index contributed by atoms with van der Waals surface area (Å²) in [7, 11) is -2.92. The van der Waals surface area contributed by atoms with E-state index in [2.05, 4.69) is 15.6 Å². The Kier molecular flexibility index (Phi) is 4.48. The van der Waals surface area contributed by atoms with Crippen LogP contribution in [0.25, 0.3) is 0 Å². The van der Waals surface area contributed by atoms with E-state index in [1.165, 1.54) is 11.3 Å². The van der Waals surface area contributed by atoms with E-state index in [0.717, 1.165) is 0 Å². The number of carbonyl (C=O) groups is 1. The molecule has 1 aliphatic heterocycles. The summed E-state index contributed by atoms with van der Waals surface area (Å²) >= 11 is 1.20. The Labute approximate surface area is 121 Å². The SMILES string of the molecule is CCNc1nc(N)c(C(=O)NCC2CCS(=O)(=O)C2)s1. The van der Waals surface area contributed by atoms with Crippen LogP contribution in [0.4, 0.5) is 10.9 Å². The first-order valence-electron chi connectivity index (χ1n) is 6.40. The number of carbonyl (C=O) groups excluding carboxylic acids is 1. The fourth-order valence-electron chi connectivity index (χ4n) is 2.07. The molecule has 0 saturated carbocycles. The predicted molar refractivity (Wildman–Crippen MR) is 79.8 cm³/mol. The molecule has 0 radical (unpaired) electrons. The second-order valence-electron chi connectivity index (χ2n) is 4.74. The highest BCUT2D eigenvalue weighted by Gasteiger charge is 2.28. The lowest BCUT2D eigenvalue weighted by Gasteiger charge is -2.08. The molecule has 0 aromatic carbocycles. The zero-order chi connectivity index (χ0) is 14.8. The molecule has 1 fully saturated rings. The predicted octanol–water partition coefficient (Wildman–Crippen LogP) is 0.322. The number of rotatable bonds is 5. The van der Waals surface area contributed by atoms with Crippen LogP contribution < -0.4 is 16.4 Å². The van der Waals surface area contributed by atoms with Crippen molar-refractivity contribution >= 4 is 38.0 Å². The van der Waals surface area contributed by atoms with E-state index in [1.807, 2.05) is 6.92 Å². The van der Waals surface area contributed by atoms with E-state index in [4.69, 9.17) is 5.73 Å². The molecular weight excluding hydrogens is 300 g/mol. The van der Waals surface area contributed by atoms with Crippen LogP contribution in [0.1, 0.15) is 23.0 Å². The van der Waals surface area contributed by atoms with E-state index >= 15 is 0 Å². The molecular formula is C11H18N4O3S2. The molecule has 2 rings (SSSR count). The second kappa shape index (κ2) is 5.96. The molecule has 1 aromatic heterocycles. The van der Waals surface area contributed by atoms with Crippen LogP contribution in [-0.4, -0.2) is 43.9 Å². The van der Waals surface area contributed by atoms with Crippen LogP contribution in [0, 0.1) is 5.92 Å². The molecule has 1 aromatic rings. The van der Waals surface area contributed by atoms with Crippen LogP contribution in [0.3, 0.4) is 0 Å². The van der Waals surface area contributed by atoms with E-state index in [1.54, 1.807) is 0 Å². The minimum absolute atomic E-state index is 0.00802. The molecule has 112 valence electrons. The average molecular weight is 318 g/mol. The van der Waals surface area contributed by atoms with E-state index < -0.39 is 9.84 Å². The lowest BCUT2D eigenvalue weighted by molar-refractivity contribution is 0.0953. The maximum Gasteiger partial charge on any atom is 0.265 e. The van der Waals surface area contributed by atoms with Gasteiger partial charge in [-0.1, -0.05) is 11.3 Å². The lowest BCUT2D eigenvalue weighted by atomic mass is 10.1. The number of nitrogens with zero attached hydrogens (tertiary/aromatic N) is 1. The zero-order valence-electron chi connectivity index (χ0n) is 11.2. The summed E-state index contributed by atoms with van der Waals surface area (Å²) in [6.07, 6.45) is 0.601. The summed E-state index contributed by atoms with van der Waals surface area (Å²) in [5.41, 5.74) is 5.70. The number of nitrogen functional groups attached to an aromatic ring is 1. The number of amides is 1. The zero-order valence-corrected chi connectivity index (χ0v) is 12.8. The highest BCUT2D eigenvalue weighted by atomic mass is 32.2. The van der Waals surface area contributed by atoms with Crippen LogP contribution in [0.2, 0.25) is 0 Å². The lowest BCUT2D eigenvalue weighted by Crippen LogP contribution is -2.29. The summed E-state index contributed by atoms with van der Waals surface area (Å²) in [6, 6.07) is 0. The number of aromatic nitrogens is 1. The van der Waals surface area contributed by atoms with Gasteiger partial charge in [-0.05, 0) is 19.3 Å². The van der Waals surface area contributed by atoms with Crippen molar-refractivity contribution in [2.24, 2.45) is 5.92 Å². The number of sulfone groups is 1. The first-order chi connectivity index (χ1) is 9.41. The number of thiazole rings is 1. The van der Waals surface area contributed by atoms with Crippen molar-refractivity contribution in [3.8, 4) is 0 Å². The van der Waals surface area contributed by atoms with Gasteiger partial charge in [-0.15, -0.1) is 0 Å². The maximum absolute atomic E-state index is 12.0. The summed E-state index contributed by atoms with van der Waals surface area (Å²) in [5, 5.41) is 6.34. The van der Waals surface area contributed by atoms with Crippen LogP contribution in [0.15, 0.2) is 0 Å². The molecule has 1 aliphatic rings. The third-order valence-corrected chi connectivity index (χ3v) is 5.93. The highest BCUT2D eigenvalue weighted by molar-refractivity contribution is 7.91. The number of hydrogen-bond donors (Lipinski definition) is 3. The first-order valence-corrected chi connectivity index (χ1v) is 9.04. The van der Waals surface area contributed by atoms with Crippen molar-refractivity contribution in [2.75, 3.05) is 35.6 Å². The molecule has 1 saturated heterocycles. The first kappa shape index (κ1) is 15.0. The van der Waals surface area contributed by atoms with Gasteiger partial charge in [0.25, 0.3) is 5.91 Å². The Bertz CT molecular complexity index is 597. The Morgan fingerprint density at radius 1 is 1.55 bits per heavy atom. The van der Waals surface area contributed by atoms with Gasteiger partial charge in [-0.25, -0.2) is 13.4 Å².